The van der Waals surface area contributed by atoms with Gasteiger partial charge in [0.25, 0.3) is 0 Å². The molecule has 0 fully saturated rings. The molecular formula is C16H26ClN3O. The highest BCUT2D eigenvalue weighted by Gasteiger charge is 2.14. The molecule has 0 aliphatic carbocycles. The molecule has 1 unspecified atom stereocenters. The molecule has 3 N–H and O–H groups in total. The molecule has 4 nitrogen and oxygen atoms in total. The maximum atomic E-state index is 8.71. The molecule has 5 heteroatoms. The van der Waals surface area contributed by atoms with Gasteiger partial charge in [0.1, 0.15) is 0 Å². The summed E-state index contributed by atoms with van der Waals surface area (Å²) in [6.07, 6.45) is 3.48. The lowest BCUT2D eigenvalue weighted by atomic mass is 10.1. The number of halogens is 1. The number of benzene rings is 1. The summed E-state index contributed by atoms with van der Waals surface area (Å²) < 4.78 is 0. The molecule has 1 aromatic carbocycles. The van der Waals surface area contributed by atoms with Crippen LogP contribution in [-0.2, 0) is 6.54 Å². The highest BCUT2D eigenvalue weighted by Crippen LogP contribution is 2.21. The van der Waals surface area contributed by atoms with Crippen LogP contribution in [0.5, 0.6) is 0 Å². The molecular weight excluding hydrogens is 286 g/mol. The van der Waals surface area contributed by atoms with E-state index in [9.17, 15) is 0 Å². The van der Waals surface area contributed by atoms with E-state index in [1.807, 2.05) is 12.1 Å². The number of nitrogens with zero attached hydrogens (tertiary/aromatic N) is 2. The first-order valence-electron chi connectivity index (χ1n) is 7.53. The highest BCUT2D eigenvalue weighted by atomic mass is 35.5. The average molecular weight is 312 g/mol. The van der Waals surface area contributed by atoms with Crippen LogP contribution in [-0.4, -0.2) is 28.5 Å². The Morgan fingerprint density at radius 1 is 1.43 bits per heavy atom. The van der Waals surface area contributed by atoms with Crippen molar-refractivity contribution < 1.29 is 5.21 Å². The molecule has 0 saturated carbocycles. The lowest BCUT2D eigenvalue weighted by Gasteiger charge is -2.28. The van der Waals surface area contributed by atoms with Gasteiger partial charge in [0, 0.05) is 23.2 Å². The smallest absolute Gasteiger partial charge is 0.170 e. The summed E-state index contributed by atoms with van der Waals surface area (Å²) in [6, 6.07) is 6.07. The minimum absolute atomic E-state index is 0.0771. The topological polar surface area (TPSA) is 61.8 Å². The lowest BCUT2D eigenvalue weighted by Crippen LogP contribution is -2.33. The summed E-state index contributed by atoms with van der Waals surface area (Å²) in [7, 11) is 0. The third-order valence-electron chi connectivity index (χ3n) is 3.84. The van der Waals surface area contributed by atoms with Gasteiger partial charge in [0.2, 0.25) is 0 Å². The fourth-order valence-electron chi connectivity index (χ4n) is 2.19. The molecule has 0 aliphatic heterocycles. The van der Waals surface area contributed by atoms with Crippen molar-refractivity contribution in [3.63, 3.8) is 0 Å². The Morgan fingerprint density at radius 2 is 2.14 bits per heavy atom. The Kier molecular flexibility index (Phi) is 7.54. The van der Waals surface area contributed by atoms with E-state index in [1.165, 1.54) is 12.8 Å². The number of nitrogens with two attached hydrogens (primary N) is 1. The second-order valence-electron chi connectivity index (χ2n) is 5.37. The monoisotopic (exact) mass is 311 g/mol. The van der Waals surface area contributed by atoms with Crippen molar-refractivity contribution in [2.45, 2.75) is 52.6 Å². The van der Waals surface area contributed by atoms with Crippen LogP contribution in [0.4, 0.5) is 0 Å². The Morgan fingerprint density at radius 3 is 2.67 bits per heavy atom. The molecule has 1 rings (SSSR count). The molecule has 118 valence electrons. The van der Waals surface area contributed by atoms with E-state index in [2.05, 4.69) is 30.8 Å². The zero-order valence-corrected chi connectivity index (χ0v) is 13.9. The van der Waals surface area contributed by atoms with Crippen molar-refractivity contribution in [3.8, 4) is 0 Å². The lowest BCUT2D eigenvalue weighted by molar-refractivity contribution is 0.192. The normalized spacial score (nSPS) is 13.7. The van der Waals surface area contributed by atoms with Crippen LogP contribution in [0.2, 0.25) is 5.02 Å². The maximum absolute atomic E-state index is 8.71. The number of hydrogen-bond acceptors (Lipinski definition) is 3. The number of unbranched alkanes of at least 4 members (excludes halogenated alkanes) is 1. The van der Waals surface area contributed by atoms with Gasteiger partial charge >= 0.3 is 0 Å². The minimum atomic E-state index is 0.0771. The molecule has 0 heterocycles. The van der Waals surface area contributed by atoms with Gasteiger partial charge in [-0.1, -0.05) is 49.2 Å². The molecule has 0 bridgehead atoms. The van der Waals surface area contributed by atoms with E-state index in [0.717, 1.165) is 25.1 Å². The Balaban J connectivity index is 2.88. The highest BCUT2D eigenvalue weighted by molar-refractivity contribution is 6.31. The summed E-state index contributed by atoms with van der Waals surface area (Å²) in [6.45, 7) is 8.54. The fourth-order valence-corrected chi connectivity index (χ4v) is 2.43. The molecule has 0 aliphatic rings. The van der Waals surface area contributed by atoms with Crippen LogP contribution in [0.25, 0.3) is 0 Å². The van der Waals surface area contributed by atoms with Crippen LogP contribution in [0, 0.1) is 0 Å². The van der Waals surface area contributed by atoms with Crippen molar-refractivity contribution in [1.29, 1.82) is 0 Å². The van der Waals surface area contributed by atoms with E-state index in [4.69, 9.17) is 22.5 Å². The van der Waals surface area contributed by atoms with Crippen LogP contribution in [0.3, 0.4) is 0 Å². The zero-order valence-electron chi connectivity index (χ0n) is 13.1. The second-order valence-corrected chi connectivity index (χ2v) is 5.78. The summed E-state index contributed by atoms with van der Waals surface area (Å²) in [5, 5.41) is 12.4. The van der Waals surface area contributed by atoms with Crippen LogP contribution in [0.1, 0.15) is 51.2 Å². The van der Waals surface area contributed by atoms with E-state index >= 15 is 0 Å². The van der Waals surface area contributed by atoms with Gasteiger partial charge in [-0.25, -0.2) is 0 Å². The van der Waals surface area contributed by atoms with E-state index in [-0.39, 0.29) is 5.84 Å². The predicted octanol–water partition coefficient (Wildman–Crippen LogP) is 3.84. The maximum Gasteiger partial charge on any atom is 0.170 e. The number of amidine groups is 1. The van der Waals surface area contributed by atoms with E-state index in [0.29, 0.717) is 16.6 Å². The number of hydrogen-bond donors (Lipinski definition) is 2. The first-order valence-corrected chi connectivity index (χ1v) is 7.91. The minimum Gasteiger partial charge on any atom is -0.409 e. The van der Waals surface area contributed by atoms with Crippen molar-refractivity contribution in [2.75, 3.05) is 6.54 Å². The van der Waals surface area contributed by atoms with E-state index < -0.39 is 0 Å². The molecule has 0 spiro atoms. The average Bonchev–Trinajstić information content (AvgIpc) is 2.51. The zero-order chi connectivity index (χ0) is 15.8. The van der Waals surface area contributed by atoms with Crippen LogP contribution >= 0.6 is 11.6 Å². The summed E-state index contributed by atoms with van der Waals surface area (Å²) >= 11 is 6.34. The Bertz CT molecular complexity index is 477. The predicted molar refractivity (Wildman–Crippen MR) is 89.0 cm³/mol. The Labute approximate surface area is 132 Å². The number of rotatable bonds is 8. The summed E-state index contributed by atoms with van der Waals surface area (Å²) in [4.78, 5) is 2.45. The first kappa shape index (κ1) is 17.8. The molecule has 1 aromatic rings. The standard InChI is InChI=1S/C16H26ClN3O/c1-4-6-9-20(12(3)5-2)11-14-8-7-13(10-15(14)17)16(18)19-21/h7-8,10,12,21H,4-6,9,11H2,1-3H3,(H2,18,19). The molecule has 0 radical (unpaired) electrons. The number of oxime groups is 1. The third kappa shape index (κ3) is 5.21. The molecule has 0 amide bonds. The largest absolute Gasteiger partial charge is 0.409 e. The van der Waals surface area contributed by atoms with E-state index in [1.54, 1.807) is 6.07 Å². The van der Waals surface area contributed by atoms with Crippen molar-refractivity contribution >= 4 is 17.4 Å². The molecule has 1 atom stereocenters. The van der Waals surface area contributed by atoms with Gasteiger partial charge in [-0.15, -0.1) is 0 Å². The van der Waals surface area contributed by atoms with Crippen molar-refractivity contribution in [1.82, 2.24) is 4.90 Å². The van der Waals surface area contributed by atoms with Crippen LogP contribution < -0.4 is 5.73 Å². The fraction of sp³-hybridized carbons (Fsp3) is 0.562. The van der Waals surface area contributed by atoms with Gasteiger partial charge < -0.3 is 10.9 Å². The summed E-state index contributed by atoms with van der Waals surface area (Å²) in [5.74, 6) is 0.0771. The van der Waals surface area contributed by atoms with Crippen LogP contribution in [0.15, 0.2) is 23.4 Å². The second kappa shape index (κ2) is 8.90. The SMILES string of the molecule is CCCCN(Cc1ccc(/C(N)=N/O)cc1Cl)C(C)CC. The Hall–Kier alpha value is -1.26. The van der Waals surface area contributed by atoms with Gasteiger partial charge in [-0.2, -0.15) is 0 Å². The van der Waals surface area contributed by atoms with Crippen molar-refractivity contribution in [2.24, 2.45) is 10.9 Å². The van der Waals surface area contributed by atoms with Crippen molar-refractivity contribution in [3.05, 3.63) is 34.3 Å². The van der Waals surface area contributed by atoms with Gasteiger partial charge in [0.05, 0.1) is 0 Å². The van der Waals surface area contributed by atoms with Gasteiger partial charge in [-0.05, 0) is 37.9 Å². The third-order valence-corrected chi connectivity index (χ3v) is 4.19. The quantitative estimate of drug-likeness (QED) is 0.332. The van der Waals surface area contributed by atoms with Gasteiger partial charge in [0.15, 0.2) is 5.84 Å². The summed E-state index contributed by atoms with van der Waals surface area (Å²) in [5.41, 5.74) is 7.29. The first-order chi connectivity index (χ1) is 10.0. The molecule has 21 heavy (non-hydrogen) atoms. The van der Waals surface area contributed by atoms with Gasteiger partial charge in [-0.3, -0.25) is 4.90 Å². The molecule has 0 saturated heterocycles. The molecule has 0 aromatic heterocycles.